The van der Waals surface area contributed by atoms with Crippen LogP contribution in [0.25, 0.3) is 0 Å². The number of rotatable bonds is 4. The van der Waals surface area contributed by atoms with Gasteiger partial charge in [0, 0.05) is 6.42 Å². The molecule has 0 saturated carbocycles. The Morgan fingerprint density at radius 2 is 1.45 bits per heavy atom. The molecule has 0 atom stereocenters. The van der Waals surface area contributed by atoms with Crippen molar-refractivity contribution < 1.29 is 30.1 Å². The zero-order chi connectivity index (χ0) is 8.15. The summed E-state index contributed by atoms with van der Waals surface area (Å²) in [7, 11) is 0. The molecule has 0 rings (SSSR count). The molecule has 0 amide bonds. The second-order valence-electron chi connectivity index (χ2n) is 1.62. The molecule has 0 aliphatic heterocycles. The van der Waals surface area contributed by atoms with Gasteiger partial charge in [0.2, 0.25) is 5.78 Å². The van der Waals surface area contributed by atoms with Gasteiger partial charge in [-0.2, -0.15) is 0 Å². The number of hydrogen-bond acceptors (Lipinski definition) is 3. The SMILES string of the molecule is O.O=C(O)CCC(=O)C(=O)O. The maximum atomic E-state index is 10.2. The Morgan fingerprint density at radius 3 is 1.73 bits per heavy atom. The first kappa shape index (κ1) is 12.3. The first-order valence-corrected chi connectivity index (χ1v) is 2.52. The molecule has 0 spiro atoms. The molecule has 0 aromatic carbocycles. The number of aliphatic carboxylic acids is 2. The molecule has 0 radical (unpaired) electrons. The summed E-state index contributed by atoms with van der Waals surface area (Å²) in [6.07, 6.45) is -0.865. The number of carboxylic acids is 2. The Morgan fingerprint density at radius 1 is 1.00 bits per heavy atom. The predicted molar refractivity (Wildman–Crippen MR) is 33.1 cm³/mol. The van der Waals surface area contributed by atoms with E-state index in [4.69, 9.17) is 10.2 Å². The summed E-state index contributed by atoms with van der Waals surface area (Å²) < 4.78 is 0. The minimum atomic E-state index is -1.58. The number of carbonyl (C=O) groups is 3. The monoisotopic (exact) mass is 164 g/mol. The molecule has 0 heterocycles. The molecule has 64 valence electrons. The van der Waals surface area contributed by atoms with Crippen molar-refractivity contribution in [1.29, 1.82) is 0 Å². The van der Waals surface area contributed by atoms with Crippen molar-refractivity contribution in [3.8, 4) is 0 Å². The van der Waals surface area contributed by atoms with Crippen LogP contribution in [0.15, 0.2) is 0 Å². The van der Waals surface area contributed by atoms with Gasteiger partial charge in [0.15, 0.2) is 0 Å². The highest BCUT2D eigenvalue weighted by Crippen LogP contribution is 1.89. The van der Waals surface area contributed by atoms with Gasteiger partial charge in [-0.3, -0.25) is 9.59 Å². The van der Waals surface area contributed by atoms with Gasteiger partial charge in [-0.05, 0) is 0 Å². The number of ketones is 1. The van der Waals surface area contributed by atoms with Crippen LogP contribution in [0.2, 0.25) is 0 Å². The Balaban J connectivity index is 0. The van der Waals surface area contributed by atoms with Crippen LogP contribution >= 0.6 is 0 Å². The van der Waals surface area contributed by atoms with Gasteiger partial charge >= 0.3 is 11.9 Å². The van der Waals surface area contributed by atoms with Crippen molar-refractivity contribution in [3.63, 3.8) is 0 Å². The molecule has 6 nitrogen and oxygen atoms in total. The lowest BCUT2D eigenvalue weighted by Gasteiger charge is -1.88. The van der Waals surface area contributed by atoms with E-state index in [0.29, 0.717) is 0 Å². The van der Waals surface area contributed by atoms with E-state index < -0.39 is 30.6 Å². The first-order chi connectivity index (χ1) is 4.54. The van der Waals surface area contributed by atoms with Gasteiger partial charge in [0.25, 0.3) is 0 Å². The third-order valence-corrected chi connectivity index (χ3v) is 0.804. The Labute approximate surface area is 61.8 Å². The van der Waals surface area contributed by atoms with E-state index in [1.807, 2.05) is 0 Å². The zero-order valence-electron chi connectivity index (χ0n) is 5.53. The van der Waals surface area contributed by atoms with Gasteiger partial charge in [-0.25, -0.2) is 4.79 Å². The zero-order valence-corrected chi connectivity index (χ0v) is 5.53. The van der Waals surface area contributed by atoms with E-state index in [1.165, 1.54) is 0 Å². The topological polar surface area (TPSA) is 123 Å². The highest BCUT2D eigenvalue weighted by molar-refractivity contribution is 6.32. The molecule has 0 aromatic rings. The van der Waals surface area contributed by atoms with Gasteiger partial charge in [0.05, 0.1) is 6.42 Å². The van der Waals surface area contributed by atoms with E-state index in [0.717, 1.165) is 0 Å². The van der Waals surface area contributed by atoms with Crippen LogP contribution in [-0.2, 0) is 14.4 Å². The number of carbonyl (C=O) groups excluding carboxylic acids is 1. The van der Waals surface area contributed by atoms with Crippen LogP contribution in [0.4, 0.5) is 0 Å². The lowest BCUT2D eigenvalue weighted by molar-refractivity contribution is -0.149. The third-order valence-electron chi connectivity index (χ3n) is 0.804. The molecular formula is C5H8O6. The summed E-state index contributed by atoms with van der Waals surface area (Å²) in [6.45, 7) is 0. The smallest absolute Gasteiger partial charge is 0.372 e. The third kappa shape index (κ3) is 6.46. The average Bonchev–Trinajstić information content (AvgIpc) is 1.82. The Hall–Kier alpha value is -1.43. The fourth-order valence-electron chi connectivity index (χ4n) is 0.327. The Bertz CT molecular complexity index is 172. The standard InChI is InChI=1S/C5H6O5.H2O/c6-3(5(9)10)1-2-4(7)8;/h1-2H2,(H,7,8)(H,9,10);1H2. The van der Waals surface area contributed by atoms with Gasteiger partial charge < -0.3 is 15.7 Å². The van der Waals surface area contributed by atoms with Crippen LogP contribution < -0.4 is 0 Å². The molecule has 0 bridgehead atoms. The van der Waals surface area contributed by atoms with Crippen molar-refractivity contribution in [2.45, 2.75) is 12.8 Å². The maximum Gasteiger partial charge on any atom is 0.372 e. The number of carboxylic acid groups (broad SMARTS) is 2. The van der Waals surface area contributed by atoms with Crippen LogP contribution in [0, 0.1) is 0 Å². The number of Topliss-reactive ketones (excluding diaryl/α,β-unsaturated/α-hetero) is 1. The van der Waals surface area contributed by atoms with E-state index >= 15 is 0 Å². The molecule has 0 unspecified atom stereocenters. The molecular weight excluding hydrogens is 156 g/mol. The van der Waals surface area contributed by atoms with Crippen LogP contribution in [0.3, 0.4) is 0 Å². The maximum absolute atomic E-state index is 10.2. The fourth-order valence-corrected chi connectivity index (χ4v) is 0.327. The fraction of sp³-hybridized carbons (Fsp3) is 0.400. The summed E-state index contributed by atoms with van der Waals surface area (Å²) in [5, 5.41) is 16.0. The molecule has 0 saturated heterocycles. The predicted octanol–water partition coefficient (Wildman–Crippen LogP) is -1.32. The van der Waals surface area contributed by atoms with E-state index in [1.54, 1.807) is 0 Å². The second kappa shape index (κ2) is 5.36. The minimum absolute atomic E-state index is 0. The molecule has 0 aliphatic carbocycles. The van der Waals surface area contributed by atoms with E-state index in [-0.39, 0.29) is 5.48 Å². The van der Waals surface area contributed by atoms with Crippen molar-refractivity contribution >= 4 is 17.7 Å². The van der Waals surface area contributed by atoms with Crippen molar-refractivity contribution in [1.82, 2.24) is 0 Å². The molecule has 0 fully saturated rings. The van der Waals surface area contributed by atoms with Gasteiger partial charge in [-0.15, -0.1) is 0 Å². The largest absolute Gasteiger partial charge is 0.481 e. The highest BCUT2D eigenvalue weighted by atomic mass is 16.4. The van der Waals surface area contributed by atoms with E-state index in [9.17, 15) is 14.4 Å². The molecule has 0 aromatic heterocycles. The van der Waals surface area contributed by atoms with Crippen molar-refractivity contribution in [2.75, 3.05) is 0 Å². The summed E-state index contributed by atoms with van der Waals surface area (Å²) in [6, 6.07) is 0. The average molecular weight is 164 g/mol. The number of hydrogen-bond donors (Lipinski definition) is 2. The van der Waals surface area contributed by atoms with E-state index in [2.05, 4.69) is 0 Å². The summed E-state index contributed by atoms with van der Waals surface area (Å²) in [4.78, 5) is 29.7. The van der Waals surface area contributed by atoms with Gasteiger partial charge in [-0.1, -0.05) is 0 Å². The van der Waals surface area contributed by atoms with Crippen LogP contribution in [0.1, 0.15) is 12.8 Å². The summed E-state index contributed by atoms with van der Waals surface area (Å²) in [5.74, 6) is -3.82. The van der Waals surface area contributed by atoms with Gasteiger partial charge in [0.1, 0.15) is 0 Å². The molecule has 6 heteroatoms. The second-order valence-corrected chi connectivity index (χ2v) is 1.62. The lowest BCUT2D eigenvalue weighted by atomic mass is 10.2. The van der Waals surface area contributed by atoms with Crippen molar-refractivity contribution in [3.05, 3.63) is 0 Å². The van der Waals surface area contributed by atoms with Crippen molar-refractivity contribution in [2.24, 2.45) is 0 Å². The quantitative estimate of drug-likeness (QED) is 0.498. The highest BCUT2D eigenvalue weighted by Gasteiger charge is 2.12. The normalized spacial score (nSPS) is 8.00. The molecule has 4 N–H and O–H groups in total. The minimum Gasteiger partial charge on any atom is -0.481 e. The Kier molecular flexibility index (Phi) is 5.98. The summed E-state index contributed by atoms with van der Waals surface area (Å²) >= 11 is 0. The van der Waals surface area contributed by atoms with Crippen LogP contribution in [-0.4, -0.2) is 33.4 Å². The van der Waals surface area contributed by atoms with Crippen LogP contribution in [0.5, 0.6) is 0 Å². The first-order valence-electron chi connectivity index (χ1n) is 2.52. The molecule has 0 aliphatic rings. The summed E-state index contributed by atoms with van der Waals surface area (Å²) in [5.41, 5.74) is 0. The lowest BCUT2D eigenvalue weighted by Crippen LogP contribution is -2.13. The molecule has 11 heavy (non-hydrogen) atoms.